The number of allylic oxidation sites excluding steroid dienone is 1. The fourth-order valence-corrected chi connectivity index (χ4v) is 4.13. The number of anilines is 2. The van der Waals surface area contributed by atoms with Crippen LogP contribution in [0.3, 0.4) is 0 Å². The molecule has 0 spiro atoms. The molecule has 2 aromatic rings. The first-order chi connectivity index (χ1) is 12.5. The predicted molar refractivity (Wildman–Crippen MR) is 104 cm³/mol. The van der Waals surface area contributed by atoms with Crippen molar-refractivity contribution in [2.45, 2.75) is 31.4 Å². The van der Waals surface area contributed by atoms with Crippen molar-refractivity contribution in [2.24, 2.45) is 0 Å². The average Bonchev–Trinajstić information content (AvgIpc) is 2.62. The monoisotopic (exact) mass is 370 g/mol. The molecule has 2 aromatic carbocycles. The molecule has 0 aliphatic heterocycles. The van der Waals surface area contributed by atoms with Crippen molar-refractivity contribution in [3.05, 3.63) is 71.9 Å². The normalized spacial score (nSPS) is 16.5. The number of hydrogen-bond acceptors (Lipinski definition) is 4. The van der Waals surface area contributed by atoms with Gasteiger partial charge in [0.15, 0.2) is 5.78 Å². The number of carbonyl (C=O) groups is 1. The van der Waals surface area contributed by atoms with Gasteiger partial charge in [0.25, 0.3) is 0 Å². The number of ketones is 1. The van der Waals surface area contributed by atoms with Crippen LogP contribution in [0.4, 0.5) is 11.4 Å². The van der Waals surface area contributed by atoms with Crippen LogP contribution < -0.4 is 10.0 Å². The van der Waals surface area contributed by atoms with Crippen LogP contribution in [0, 0.1) is 0 Å². The summed E-state index contributed by atoms with van der Waals surface area (Å²) in [4.78, 5) is 11.9. The van der Waals surface area contributed by atoms with Crippen molar-refractivity contribution < 1.29 is 13.2 Å². The van der Waals surface area contributed by atoms with Gasteiger partial charge in [-0.3, -0.25) is 9.52 Å². The Balaban J connectivity index is 1.74. The van der Waals surface area contributed by atoms with E-state index in [4.69, 9.17) is 0 Å². The lowest BCUT2D eigenvalue weighted by Gasteiger charge is -2.15. The second-order valence-electron chi connectivity index (χ2n) is 6.34. The van der Waals surface area contributed by atoms with Gasteiger partial charge < -0.3 is 5.32 Å². The van der Waals surface area contributed by atoms with Gasteiger partial charge in [-0.05, 0) is 37.0 Å². The van der Waals surface area contributed by atoms with Crippen LogP contribution in [0.25, 0.3) is 0 Å². The van der Waals surface area contributed by atoms with Gasteiger partial charge in [0, 0.05) is 18.2 Å². The van der Waals surface area contributed by atoms with Gasteiger partial charge in [-0.15, -0.1) is 0 Å². The van der Waals surface area contributed by atoms with E-state index in [0.29, 0.717) is 17.8 Å². The predicted octanol–water partition coefficient (Wildman–Crippen LogP) is 4.07. The molecule has 0 aromatic heterocycles. The maximum Gasteiger partial charge on any atom is 0.236 e. The summed E-state index contributed by atoms with van der Waals surface area (Å²) in [6.45, 7) is 0. The Kier molecular flexibility index (Phi) is 5.73. The number of benzene rings is 2. The molecule has 0 saturated heterocycles. The fraction of sp³-hybridized carbons (Fsp3) is 0.250. The molecule has 2 N–H and O–H groups in total. The number of sulfonamides is 1. The summed E-state index contributed by atoms with van der Waals surface area (Å²) >= 11 is 0. The van der Waals surface area contributed by atoms with Crippen molar-refractivity contribution >= 4 is 27.2 Å². The van der Waals surface area contributed by atoms with E-state index in [9.17, 15) is 13.2 Å². The van der Waals surface area contributed by atoms with Crippen LogP contribution in [0.15, 0.2) is 66.4 Å². The lowest BCUT2D eigenvalue weighted by Crippen LogP contribution is -2.16. The molecule has 3 rings (SSSR count). The molecule has 0 amide bonds. The van der Waals surface area contributed by atoms with E-state index in [1.54, 1.807) is 36.5 Å². The zero-order valence-electron chi connectivity index (χ0n) is 14.4. The van der Waals surface area contributed by atoms with E-state index in [1.165, 1.54) is 0 Å². The maximum atomic E-state index is 12.5. The van der Waals surface area contributed by atoms with Crippen LogP contribution in [0.2, 0.25) is 0 Å². The van der Waals surface area contributed by atoms with E-state index in [1.807, 2.05) is 24.3 Å². The van der Waals surface area contributed by atoms with Crippen molar-refractivity contribution in [1.29, 1.82) is 0 Å². The summed E-state index contributed by atoms with van der Waals surface area (Å²) in [6.07, 6.45) is 4.98. The highest BCUT2D eigenvalue weighted by Crippen LogP contribution is 2.25. The van der Waals surface area contributed by atoms with Crippen LogP contribution >= 0.6 is 0 Å². The molecule has 6 heteroatoms. The third-order valence-electron chi connectivity index (χ3n) is 4.25. The van der Waals surface area contributed by atoms with E-state index in [-0.39, 0.29) is 11.5 Å². The van der Waals surface area contributed by atoms with Crippen molar-refractivity contribution in [3.8, 4) is 0 Å². The van der Waals surface area contributed by atoms with Crippen LogP contribution in [-0.2, 0) is 20.6 Å². The topological polar surface area (TPSA) is 75.3 Å². The zero-order chi connectivity index (χ0) is 18.4. The molecule has 0 bridgehead atoms. The molecule has 0 atom stereocenters. The smallest absolute Gasteiger partial charge is 0.236 e. The number of para-hydroxylation sites is 2. The van der Waals surface area contributed by atoms with Crippen molar-refractivity contribution in [2.75, 3.05) is 10.0 Å². The minimum absolute atomic E-state index is 0.0955. The SMILES string of the molecule is O=C1CCCC/C1=C/Nc1ccccc1NS(=O)(=O)Cc1ccccc1. The summed E-state index contributed by atoms with van der Waals surface area (Å²) in [6, 6.07) is 16.1. The largest absolute Gasteiger partial charge is 0.360 e. The standard InChI is InChI=1S/C20H22N2O3S/c23-20-13-7-4-10-17(20)14-21-18-11-5-6-12-19(18)22-26(24,25)15-16-8-2-1-3-9-16/h1-3,5-6,8-9,11-12,14,21-22H,4,7,10,13,15H2/b17-14-. The number of hydrogen-bond donors (Lipinski definition) is 2. The Bertz CT molecular complexity index is 906. The van der Waals surface area contributed by atoms with Gasteiger partial charge in [0.1, 0.15) is 0 Å². The number of rotatable bonds is 6. The Morgan fingerprint density at radius 2 is 1.54 bits per heavy atom. The highest BCUT2D eigenvalue weighted by molar-refractivity contribution is 7.91. The first-order valence-corrected chi connectivity index (χ1v) is 10.3. The fourth-order valence-electron chi connectivity index (χ4n) is 2.91. The zero-order valence-corrected chi connectivity index (χ0v) is 15.3. The second kappa shape index (κ2) is 8.19. The van der Waals surface area contributed by atoms with Gasteiger partial charge in [-0.25, -0.2) is 8.42 Å². The highest BCUT2D eigenvalue weighted by atomic mass is 32.2. The van der Waals surface area contributed by atoms with E-state index in [2.05, 4.69) is 10.0 Å². The van der Waals surface area contributed by atoms with Gasteiger partial charge in [0.05, 0.1) is 17.1 Å². The molecule has 26 heavy (non-hydrogen) atoms. The molecule has 0 radical (unpaired) electrons. The van der Waals surface area contributed by atoms with E-state index < -0.39 is 10.0 Å². The number of Topliss-reactive ketones (excluding diaryl/α,β-unsaturated/α-hetero) is 1. The molecule has 1 fully saturated rings. The summed E-state index contributed by atoms with van der Waals surface area (Å²) in [7, 11) is -3.54. The summed E-state index contributed by atoms with van der Waals surface area (Å²) < 4.78 is 27.6. The molecular weight excluding hydrogens is 348 g/mol. The first-order valence-electron chi connectivity index (χ1n) is 8.66. The third-order valence-corrected chi connectivity index (χ3v) is 5.50. The molecule has 1 saturated carbocycles. The van der Waals surface area contributed by atoms with Crippen LogP contribution in [-0.4, -0.2) is 14.2 Å². The van der Waals surface area contributed by atoms with E-state index in [0.717, 1.165) is 30.4 Å². The quantitative estimate of drug-likeness (QED) is 0.752. The first kappa shape index (κ1) is 18.2. The Hall–Kier alpha value is -2.60. The lowest BCUT2D eigenvalue weighted by molar-refractivity contribution is -0.116. The van der Waals surface area contributed by atoms with Gasteiger partial charge in [-0.2, -0.15) is 0 Å². The third kappa shape index (κ3) is 4.95. The Labute approximate surface area is 154 Å². The Morgan fingerprint density at radius 1 is 0.885 bits per heavy atom. The summed E-state index contributed by atoms with van der Waals surface area (Å²) in [5, 5.41) is 3.09. The van der Waals surface area contributed by atoms with Gasteiger partial charge >= 0.3 is 0 Å². The van der Waals surface area contributed by atoms with Crippen molar-refractivity contribution in [3.63, 3.8) is 0 Å². The van der Waals surface area contributed by atoms with Crippen molar-refractivity contribution in [1.82, 2.24) is 0 Å². The molecule has 136 valence electrons. The van der Waals surface area contributed by atoms with Gasteiger partial charge in [0.2, 0.25) is 10.0 Å². The Morgan fingerprint density at radius 3 is 2.27 bits per heavy atom. The minimum atomic E-state index is -3.54. The highest BCUT2D eigenvalue weighted by Gasteiger charge is 2.16. The number of carbonyl (C=O) groups excluding carboxylic acids is 1. The maximum absolute atomic E-state index is 12.5. The molecule has 0 heterocycles. The molecule has 1 aliphatic rings. The summed E-state index contributed by atoms with van der Waals surface area (Å²) in [5.74, 6) is 0.0627. The minimum Gasteiger partial charge on any atom is -0.360 e. The number of nitrogens with one attached hydrogen (secondary N) is 2. The van der Waals surface area contributed by atoms with Crippen LogP contribution in [0.5, 0.6) is 0 Å². The average molecular weight is 370 g/mol. The lowest BCUT2D eigenvalue weighted by atomic mass is 9.94. The summed E-state index contributed by atoms with van der Waals surface area (Å²) in [5.41, 5.74) is 2.57. The van der Waals surface area contributed by atoms with Gasteiger partial charge in [-0.1, -0.05) is 42.5 Å². The molecule has 5 nitrogen and oxygen atoms in total. The molecule has 0 unspecified atom stereocenters. The van der Waals surface area contributed by atoms with E-state index >= 15 is 0 Å². The second-order valence-corrected chi connectivity index (χ2v) is 8.06. The van der Waals surface area contributed by atoms with Crippen LogP contribution in [0.1, 0.15) is 31.2 Å². The molecular formula is C20H22N2O3S. The molecule has 1 aliphatic carbocycles.